The molecule has 0 radical (unpaired) electrons. The van der Waals surface area contributed by atoms with Crippen LogP contribution in [-0.4, -0.2) is 4.98 Å². The molecular formula is C14H22N2O. The van der Waals surface area contributed by atoms with Crippen LogP contribution in [0, 0.1) is 11.8 Å². The van der Waals surface area contributed by atoms with E-state index in [0.29, 0.717) is 18.4 Å². The van der Waals surface area contributed by atoms with Crippen molar-refractivity contribution >= 4 is 0 Å². The molecule has 1 aromatic heterocycles. The van der Waals surface area contributed by atoms with Gasteiger partial charge >= 0.3 is 0 Å². The Morgan fingerprint density at radius 3 is 2.76 bits per heavy atom. The van der Waals surface area contributed by atoms with Crippen LogP contribution < -0.4 is 5.73 Å². The van der Waals surface area contributed by atoms with E-state index in [0.717, 1.165) is 17.6 Å². The molecule has 0 saturated heterocycles. The lowest BCUT2D eigenvalue weighted by molar-refractivity contribution is 0.147. The number of fused-ring (bicyclic) bond motifs is 1. The smallest absolute Gasteiger partial charge is 0.208 e. The third kappa shape index (κ3) is 2.25. The first-order valence-electron chi connectivity index (χ1n) is 7.01. The third-order valence-corrected chi connectivity index (χ3v) is 4.69. The van der Waals surface area contributed by atoms with Gasteiger partial charge in [0.2, 0.25) is 5.89 Å². The Balaban J connectivity index is 1.68. The fourth-order valence-corrected chi connectivity index (χ4v) is 3.74. The molecule has 94 valence electrons. The summed E-state index contributed by atoms with van der Waals surface area (Å²) in [5.41, 5.74) is 5.54. The van der Waals surface area contributed by atoms with E-state index in [4.69, 9.17) is 10.2 Å². The molecule has 3 heteroatoms. The van der Waals surface area contributed by atoms with E-state index in [2.05, 4.69) is 4.98 Å². The quantitative estimate of drug-likeness (QED) is 0.854. The third-order valence-electron chi connectivity index (χ3n) is 4.69. The lowest BCUT2D eigenvalue weighted by Gasteiger charge is -2.38. The molecule has 2 N–H and O–H groups in total. The van der Waals surface area contributed by atoms with Crippen molar-refractivity contribution in [2.75, 3.05) is 0 Å². The van der Waals surface area contributed by atoms with Crippen LogP contribution in [0.15, 0.2) is 10.6 Å². The molecule has 0 aliphatic heterocycles. The Labute approximate surface area is 103 Å². The molecule has 0 bridgehead atoms. The van der Waals surface area contributed by atoms with Gasteiger partial charge in [0.1, 0.15) is 5.76 Å². The molecule has 3 atom stereocenters. The maximum atomic E-state index is 5.72. The minimum absolute atomic E-state index is 0.415. The van der Waals surface area contributed by atoms with Gasteiger partial charge in [0, 0.05) is 5.92 Å². The van der Waals surface area contributed by atoms with Crippen molar-refractivity contribution in [1.82, 2.24) is 4.98 Å². The van der Waals surface area contributed by atoms with E-state index in [1.807, 2.05) is 6.20 Å². The summed E-state index contributed by atoms with van der Waals surface area (Å²) in [4.78, 5) is 4.22. The van der Waals surface area contributed by atoms with Crippen LogP contribution in [0.4, 0.5) is 0 Å². The zero-order valence-electron chi connectivity index (χ0n) is 10.4. The molecule has 2 fully saturated rings. The maximum absolute atomic E-state index is 5.72. The highest BCUT2D eigenvalue weighted by molar-refractivity contribution is 5.05. The lowest BCUT2D eigenvalue weighted by Crippen LogP contribution is -2.26. The molecule has 0 amide bonds. The van der Waals surface area contributed by atoms with Crippen LogP contribution in [0.25, 0.3) is 0 Å². The Kier molecular flexibility index (Phi) is 3.19. The first-order valence-corrected chi connectivity index (χ1v) is 7.01. The van der Waals surface area contributed by atoms with Crippen LogP contribution in [0.3, 0.4) is 0 Å². The number of rotatable bonds is 2. The highest BCUT2D eigenvalue weighted by Gasteiger charge is 2.33. The summed E-state index contributed by atoms with van der Waals surface area (Å²) in [6.45, 7) is 0.415. The molecule has 1 heterocycles. The maximum Gasteiger partial charge on any atom is 0.208 e. The second kappa shape index (κ2) is 4.81. The minimum atomic E-state index is 0.415. The fraction of sp³-hybridized carbons (Fsp3) is 0.786. The van der Waals surface area contributed by atoms with Gasteiger partial charge in [-0.05, 0) is 31.1 Å². The summed E-state index contributed by atoms with van der Waals surface area (Å²) in [6.07, 6.45) is 11.6. The second-order valence-corrected chi connectivity index (χ2v) is 5.68. The number of aromatic nitrogens is 1. The van der Waals surface area contributed by atoms with Crippen molar-refractivity contribution in [2.24, 2.45) is 17.6 Å². The predicted molar refractivity (Wildman–Crippen MR) is 66.4 cm³/mol. The van der Waals surface area contributed by atoms with Gasteiger partial charge in [0.05, 0.1) is 12.7 Å². The van der Waals surface area contributed by atoms with Crippen LogP contribution in [0.1, 0.15) is 62.5 Å². The Bertz CT molecular complexity index is 374. The zero-order chi connectivity index (χ0) is 11.7. The molecular weight excluding hydrogens is 212 g/mol. The van der Waals surface area contributed by atoms with Crippen molar-refractivity contribution in [3.05, 3.63) is 17.8 Å². The van der Waals surface area contributed by atoms with Crippen LogP contribution >= 0.6 is 0 Å². The number of nitrogens with two attached hydrogens (primary N) is 1. The first kappa shape index (κ1) is 11.3. The monoisotopic (exact) mass is 234 g/mol. The molecule has 2 saturated carbocycles. The summed E-state index contributed by atoms with van der Waals surface area (Å²) in [7, 11) is 0. The van der Waals surface area contributed by atoms with Gasteiger partial charge in [-0.1, -0.05) is 25.7 Å². The van der Waals surface area contributed by atoms with E-state index in [1.54, 1.807) is 0 Å². The number of hydrogen-bond donors (Lipinski definition) is 1. The van der Waals surface area contributed by atoms with Crippen molar-refractivity contribution in [2.45, 2.75) is 57.4 Å². The number of nitrogens with zero attached hydrogens (tertiary/aromatic N) is 1. The first-order chi connectivity index (χ1) is 8.36. The van der Waals surface area contributed by atoms with Crippen LogP contribution in [-0.2, 0) is 6.54 Å². The number of hydrogen-bond acceptors (Lipinski definition) is 3. The molecule has 3 unspecified atom stereocenters. The Morgan fingerprint density at radius 2 is 2.00 bits per heavy atom. The SMILES string of the molecule is NCc1ncc(C2CCC3CCCCC3C2)o1. The van der Waals surface area contributed by atoms with Crippen molar-refractivity contribution < 1.29 is 4.42 Å². The normalized spacial score (nSPS) is 33.4. The summed E-state index contributed by atoms with van der Waals surface area (Å²) in [5.74, 6) is 4.30. The summed E-state index contributed by atoms with van der Waals surface area (Å²) >= 11 is 0. The van der Waals surface area contributed by atoms with Crippen molar-refractivity contribution in [3.63, 3.8) is 0 Å². The van der Waals surface area contributed by atoms with E-state index in [9.17, 15) is 0 Å². The van der Waals surface area contributed by atoms with Gasteiger partial charge in [0.25, 0.3) is 0 Å². The van der Waals surface area contributed by atoms with E-state index < -0.39 is 0 Å². The summed E-state index contributed by atoms with van der Waals surface area (Å²) in [5, 5.41) is 0. The standard InChI is InChI=1S/C14H22N2O/c15-8-14-16-9-13(17-14)12-6-5-10-3-1-2-4-11(10)7-12/h9-12H,1-8,15H2. The predicted octanol–water partition coefficient (Wildman–Crippen LogP) is 3.21. The average molecular weight is 234 g/mol. The van der Waals surface area contributed by atoms with Gasteiger partial charge in [0.15, 0.2) is 0 Å². The second-order valence-electron chi connectivity index (χ2n) is 5.68. The Hall–Kier alpha value is -0.830. The van der Waals surface area contributed by atoms with Crippen molar-refractivity contribution in [3.8, 4) is 0 Å². The van der Waals surface area contributed by atoms with Gasteiger partial charge in [-0.25, -0.2) is 4.98 Å². The van der Waals surface area contributed by atoms with Crippen LogP contribution in [0.5, 0.6) is 0 Å². The molecule has 1 aromatic rings. The molecule has 0 aromatic carbocycles. The molecule has 2 aliphatic rings. The lowest BCUT2D eigenvalue weighted by atomic mass is 9.67. The number of oxazole rings is 1. The summed E-state index contributed by atoms with van der Waals surface area (Å²) < 4.78 is 5.72. The average Bonchev–Trinajstić information content (AvgIpc) is 2.87. The van der Waals surface area contributed by atoms with E-state index in [-0.39, 0.29) is 0 Å². The van der Waals surface area contributed by atoms with Gasteiger partial charge < -0.3 is 10.2 Å². The minimum Gasteiger partial charge on any atom is -0.444 e. The highest BCUT2D eigenvalue weighted by Crippen LogP contribution is 2.46. The fourth-order valence-electron chi connectivity index (χ4n) is 3.74. The van der Waals surface area contributed by atoms with Gasteiger partial charge in [-0.2, -0.15) is 0 Å². The molecule has 3 nitrogen and oxygen atoms in total. The van der Waals surface area contributed by atoms with E-state index >= 15 is 0 Å². The van der Waals surface area contributed by atoms with Crippen LogP contribution in [0.2, 0.25) is 0 Å². The van der Waals surface area contributed by atoms with Gasteiger partial charge in [-0.3, -0.25) is 0 Å². The topological polar surface area (TPSA) is 52.0 Å². The van der Waals surface area contributed by atoms with E-state index in [1.165, 1.54) is 44.9 Å². The van der Waals surface area contributed by atoms with Crippen molar-refractivity contribution in [1.29, 1.82) is 0 Å². The molecule has 17 heavy (non-hydrogen) atoms. The highest BCUT2D eigenvalue weighted by atomic mass is 16.4. The molecule has 3 rings (SSSR count). The Morgan fingerprint density at radius 1 is 1.18 bits per heavy atom. The summed E-state index contributed by atoms with van der Waals surface area (Å²) in [6, 6.07) is 0. The zero-order valence-corrected chi connectivity index (χ0v) is 10.4. The van der Waals surface area contributed by atoms with Gasteiger partial charge in [-0.15, -0.1) is 0 Å². The molecule has 0 spiro atoms. The molecule has 2 aliphatic carbocycles. The largest absolute Gasteiger partial charge is 0.444 e.